The second-order valence-electron chi connectivity index (χ2n) is 7.86. The van der Waals surface area contributed by atoms with E-state index < -0.39 is 0 Å². The first-order chi connectivity index (χ1) is 15.8. The maximum Gasteiger partial charge on any atom is 0.143 e. The Labute approximate surface area is 187 Å². The minimum absolute atomic E-state index is 0.866. The van der Waals surface area contributed by atoms with Gasteiger partial charge in [-0.1, -0.05) is 86.0 Å². The summed E-state index contributed by atoms with van der Waals surface area (Å²) in [6, 6.07) is 23.2. The molecule has 2 aromatic heterocycles. The van der Waals surface area contributed by atoms with E-state index in [1.54, 1.807) is 6.08 Å². The molecule has 0 aliphatic heterocycles. The number of hydrogen-bond acceptors (Lipinski definition) is 1. The molecule has 0 spiro atoms. The Morgan fingerprint density at radius 3 is 2.69 bits per heavy atom. The zero-order valence-corrected chi connectivity index (χ0v) is 18.0. The van der Waals surface area contributed by atoms with Crippen molar-refractivity contribution in [3.05, 3.63) is 115 Å². The van der Waals surface area contributed by atoms with Crippen molar-refractivity contribution in [2.24, 2.45) is 0 Å². The number of fused-ring (bicyclic) bond motifs is 4. The van der Waals surface area contributed by atoms with E-state index in [0.29, 0.717) is 0 Å². The number of aromatic nitrogens is 1. The summed E-state index contributed by atoms with van der Waals surface area (Å²) in [6.45, 7) is 8.01. The normalized spacial score (nSPS) is 12.8. The first-order valence-electron chi connectivity index (χ1n) is 10.9. The maximum atomic E-state index is 6.32. The smallest absolute Gasteiger partial charge is 0.143 e. The summed E-state index contributed by atoms with van der Waals surface area (Å²) in [5.74, 6) is 0. The molecule has 2 nitrogen and oxygen atoms in total. The predicted molar refractivity (Wildman–Crippen MR) is 137 cm³/mol. The van der Waals surface area contributed by atoms with Crippen LogP contribution in [-0.4, -0.2) is 4.57 Å². The van der Waals surface area contributed by atoms with Crippen molar-refractivity contribution in [2.75, 3.05) is 0 Å². The summed E-state index contributed by atoms with van der Waals surface area (Å²) in [4.78, 5) is 0. The first kappa shape index (κ1) is 19.9. The highest BCUT2D eigenvalue weighted by atomic mass is 16.3. The number of furan rings is 1. The Hall–Kier alpha value is -4.04. The number of para-hydroxylation sites is 2. The fourth-order valence-corrected chi connectivity index (χ4v) is 4.27. The summed E-state index contributed by atoms with van der Waals surface area (Å²) >= 11 is 0. The van der Waals surface area contributed by atoms with E-state index in [4.69, 9.17) is 4.42 Å². The van der Waals surface area contributed by atoms with Crippen LogP contribution in [0.3, 0.4) is 0 Å². The standard InChI is InChI=1S/C30H25NO/c1-3-4-11-22(2)31-21-10-13-23(19-20-24-12-5-7-17-28(24)31)25-15-9-16-27-26-14-6-8-18-29(26)32-30(25)27/h3-5,7,9-21H,1-2,6,8H2/b11-4-,20-19?,21-10?,23-13?. The molecule has 32 heavy (non-hydrogen) atoms. The van der Waals surface area contributed by atoms with E-state index >= 15 is 0 Å². The van der Waals surface area contributed by atoms with Crippen LogP contribution in [0.5, 0.6) is 0 Å². The Kier molecular flexibility index (Phi) is 5.35. The summed E-state index contributed by atoms with van der Waals surface area (Å²) in [6.07, 6.45) is 14.2. The first-order valence-corrected chi connectivity index (χ1v) is 10.9. The Morgan fingerprint density at radius 1 is 0.906 bits per heavy atom. The summed E-state index contributed by atoms with van der Waals surface area (Å²) in [5, 5.41) is 3.51. The van der Waals surface area contributed by atoms with E-state index in [2.05, 4.69) is 96.7 Å². The van der Waals surface area contributed by atoms with Gasteiger partial charge < -0.3 is 8.98 Å². The van der Waals surface area contributed by atoms with E-state index in [0.717, 1.165) is 51.6 Å². The fourth-order valence-electron chi connectivity index (χ4n) is 4.27. The largest absolute Gasteiger partial charge is 0.456 e. The predicted octanol–water partition coefficient (Wildman–Crippen LogP) is 6.75. The van der Waals surface area contributed by atoms with E-state index in [1.165, 1.54) is 10.6 Å². The van der Waals surface area contributed by atoms with Gasteiger partial charge in [0.2, 0.25) is 0 Å². The zero-order valence-electron chi connectivity index (χ0n) is 18.0. The average Bonchev–Trinajstić information content (AvgIpc) is 3.24. The minimum Gasteiger partial charge on any atom is -0.456 e. The van der Waals surface area contributed by atoms with Crippen LogP contribution in [0.1, 0.15) is 12.8 Å². The number of benzene rings is 2. The van der Waals surface area contributed by atoms with Crippen molar-refractivity contribution in [1.29, 1.82) is 0 Å². The quantitative estimate of drug-likeness (QED) is 0.337. The highest BCUT2D eigenvalue weighted by Crippen LogP contribution is 2.27. The van der Waals surface area contributed by atoms with Crippen LogP contribution in [0.2, 0.25) is 0 Å². The van der Waals surface area contributed by atoms with Gasteiger partial charge in [-0.25, -0.2) is 0 Å². The van der Waals surface area contributed by atoms with Crippen LogP contribution < -0.4 is 10.6 Å². The molecule has 156 valence electrons. The van der Waals surface area contributed by atoms with Crippen LogP contribution in [0.15, 0.2) is 109 Å². The summed E-state index contributed by atoms with van der Waals surface area (Å²) in [7, 11) is 0. The average molecular weight is 416 g/mol. The Bertz CT molecular complexity index is 1560. The maximum absolute atomic E-state index is 6.32. The van der Waals surface area contributed by atoms with Crippen molar-refractivity contribution < 1.29 is 4.42 Å². The molecule has 1 aliphatic rings. The van der Waals surface area contributed by atoms with Crippen molar-refractivity contribution in [2.45, 2.75) is 12.8 Å². The Balaban J connectivity index is 1.77. The summed E-state index contributed by atoms with van der Waals surface area (Å²) < 4.78 is 8.42. The van der Waals surface area contributed by atoms with Gasteiger partial charge in [0, 0.05) is 28.1 Å². The molecule has 0 saturated carbocycles. The molecule has 0 fully saturated rings. The van der Waals surface area contributed by atoms with Crippen molar-refractivity contribution in [1.82, 2.24) is 4.57 Å². The molecule has 4 aromatic rings. The summed E-state index contributed by atoms with van der Waals surface area (Å²) in [5.41, 5.74) is 6.07. The number of nitrogens with zero attached hydrogens (tertiary/aromatic N) is 1. The highest BCUT2D eigenvalue weighted by molar-refractivity contribution is 5.93. The molecule has 0 saturated heterocycles. The third-order valence-electron chi connectivity index (χ3n) is 5.82. The minimum atomic E-state index is 0.866. The lowest BCUT2D eigenvalue weighted by molar-refractivity contribution is 0.572. The topological polar surface area (TPSA) is 18.1 Å². The Morgan fingerprint density at radius 2 is 1.78 bits per heavy atom. The molecule has 0 bridgehead atoms. The third-order valence-corrected chi connectivity index (χ3v) is 5.82. The molecule has 0 unspecified atom stereocenters. The van der Waals surface area contributed by atoms with Crippen LogP contribution in [0.4, 0.5) is 0 Å². The molecule has 0 amide bonds. The van der Waals surface area contributed by atoms with Gasteiger partial charge in [-0.15, -0.1) is 0 Å². The van der Waals surface area contributed by atoms with E-state index in [9.17, 15) is 0 Å². The molecule has 1 aliphatic carbocycles. The molecule has 2 aromatic carbocycles. The van der Waals surface area contributed by atoms with Gasteiger partial charge in [-0.3, -0.25) is 0 Å². The van der Waals surface area contributed by atoms with Gasteiger partial charge in [0.05, 0.1) is 5.52 Å². The van der Waals surface area contributed by atoms with E-state index in [-0.39, 0.29) is 0 Å². The lowest BCUT2D eigenvalue weighted by atomic mass is 10.0. The van der Waals surface area contributed by atoms with Gasteiger partial charge in [0.25, 0.3) is 0 Å². The molecule has 0 atom stereocenters. The van der Waals surface area contributed by atoms with Gasteiger partial charge in [0.15, 0.2) is 0 Å². The monoisotopic (exact) mass is 415 g/mol. The number of hydrogen-bond donors (Lipinski definition) is 0. The molecule has 0 N–H and O–H groups in total. The SMILES string of the molecule is C=C/C=C\C(=C)n1cccc(-c2cccc3c4c(oc23)=CCCC=4)ccc2ccccc21. The van der Waals surface area contributed by atoms with Crippen LogP contribution in [0.25, 0.3) is 50.8 Å². The molecule has 2 heteroatoms. The van der Waals surface area contributed by atoms with Crippen molar-refractivity contribution in [3.63, 3.8) is 0 Å². The molecular weight excluding hydrogens is 390 g/mol. The second kappa shape index (κ2) is 8.60. The van der Waals surface area contributed by atoms with E-state index in [1.807, 2.05) is 18.2 Å². The van der Waals surface area contributed by atoms with Gasteiger partial charge in [-0.05, 0) is 48.1 Å². The fraction of sp³-hybridized carbons (Fsp3) is 0.0667. The van der Waals surface area contributed by atoms with Crippen LogP contribution >= 0.6 is 0 Å². The van der Waals surface area contributed by atoms with Crippen LogP contribution in [0, 0.1) is 0 Å². The highest BCUT2D eigenvalue weighted by Gasteiger charge is 2.10. The molecule has 2 heterocycles. The van der Waals surface area contributed by atoms with Crippen molar-refractivity contribution in [3.8, 4) is 11.1 Å². The van der Waals surface area contributed by atoms with Gasteiger partial charge in [-0.2, -0.15) is 0 Å². The molecule has 5 rings (SSSR count). The lowest BCUT2D eigenvalue weighted by Gasteiger charge is -2.08. The zero-order chi connectivity index (χ0) is 21.9. The van der Waals surface area contributed by atoms with Crippen LogP contribution in [-0.2, 0) is 0 Å². The molecule has 0 radical (unpaired) electrons. The second-order valence-corrected chi connectivity index (χ2v) is 7.86. The van der Waals surface area contributed by atoms with Gasteiger partial charge >= 0.3 is 0 Å². The molecular formula is C30H25NO. The number of allylic oxidation sites excluding steroid dienone is 4. The van der Waals surface area contributed by atoms with Crippen molar-refractivity contribution >= 4 is 39.7 Å². The third kappa shape index (κ3) is 3.61. The number of rotatable bonds is 4. The lowest BCUT2D eigenvalue weighted by Crippen LogP contribution is -2.21. The van der Waals surface area contributed by atoms with Gasteiger partial charge in [0.1, 0.15) is 11.0 Å².